The number of anilines is 2. The number of carbonyl (C=O) groups is 1. The molecule has 1 amide bonds. The highest BCUT2D eigenvalue weighted by molar-refractivity contribution is 5.90. The van der Waals surface area contributed by atoms with Gasteiger partial charge >= 0.3 is 0 Å². The third-order valence-electron chi connectivity index (χ3n) is 3.06. The summed E-state index contributed by atoms with van der Waals surface area (Å²) in [5.41, 5.74) is 2.96. The van der Waals surface area contributed by atoms with Crippen LogP contribution in [0.1, 0.15) is 31.9 Å². The van der Waals surface area contributed by atoms with Gasteiger partial charge < -0.3 is 10.6 Å². The lowest BCUT2D eigenvalue weighted by Crippen LogP contribution is -2.10. The lowest BCUT2D eigenvalue weighted by Gasteiger charge is -2.15. The minimum Gasteiger partial charge on any atom is -0.378 e. The first-order valence-corrected chi connectivity index (χ1v) is 6.75. The van der Waals surface area contributed by atoms with E-state index in [-0.39, 0.29) is 11.9 Å². The van der Waals surface area contributed by atoms with Crippen molar-refractivity contribution in [1.82, 2.24) is 4.98 Å². The van der Waals surface area contributed by atoms with Crippen LogP contribution in [0.15, 0.2) is 48.8 Å². The summed E-state index contributed by atoms with van der Waals surface area (Å²) in [5, 5.41) is 6.23. The molecule has 0 aliphatic carbocycles. The quantitative estimate of drug-likeness (QED) is 0.872. The van der Waals surface area contributed by atoms with Crippen LogP contribution in [0.25, 0.3) is 0 Å². The predicted molar refractivity (Wildman–Crippen MR) is 81.6 cm³/mol. The number of benzene rings is 1. The van der Waals surface area contributed by atoms with E-state index in [1.165, 1.54) is 0 Å². The summed E-state index contributed by atoms with van der Waals surface area (Å²) in [5.74, 6) is 0.0226. The topological polar surface area (TPSA) is 54.0 Å². The molecular formula is C16H19N3O. The molecule has 104 valence electrons. The minimum absolute atomic E-state index is 0.0226. The fourth-order valence-corrected chi connectivity index (χ4v) is 1.86. The summed E-state index contributed by atoms with van der Waals surface area (Å²) in [7, 11) is 0. The largest absolute Gasteiger partial charge is 0.378 e. The van der Waals surface area contributed by atoms with E-state index in [0.29, 0.717) is 6.42 Å². The van der Waals surface area contributed by atoms with Crippen molar-refractivity contribution in [3.63, 3.8) is 0 Å². The average molecular weight is 269 g/mol. The molecule has 1 atom stereocenters. The number of amides is 1. The van der Waals surface area contributed by atoms with Gasteiger partial charge in [0.05, 0.1) is 6.04 Å². The molecule has 2 aromatic rings. The summed E-state index contributed by atoms with van der Waals surface area (Å²) in [6.07, 6.45) is 4.10. The number of carbonyl (C=O) groups excluding carboxylic acids is 1. The van der Waals surface area contributed by atoms with E-state index in [1.807, 2.05) is 49.5 Å². The van der Waals surface area contributed by atoms with Crippen LogP contribution < -0.4 is 10.6 Å². The van der Waals surface area contributed by atoms with Gasteiger partial charge in [0, 0.05) is 30.2 Å². The molecule has 0 saturated heterocycles. The Hall–Kier alpha value is -2.36. The molecule has 0 saturated carbocycles. The Morgan fingerprint density at radius 1 is 1.20 bits per heavy atom. The highest BCUT2D eigenvalue weighted by atomic mass is 16.1. The molecule has 0 radical (unpaired) electrons. The monoisotopic (exact) mass is 269 g/mol. The van der Waals surface area contributed by atoms with E-state index in [9.17, 15) is 4.79 Å². The van der Waals surface area contributed by atoms with Crippen LogP contribution in [-0.2, 0) is 4.79 Å². The van der Waals surface area contributed by atoms with Crippen molar-refractivity contribution in [3.05, 3.63) is 54.4 Å². The van der Waals surface area contributed by atoms with Gasteiger partial charge in [0.25, 0.3) is 0 Å². The maximum absolute atomic E-state index is 11.3. The van der Waals surface area contributed by atoms with Gasteiger partial charge in [-0.15, -0.1) is 0 Å². The zero-order valence-electron chi connectivity index (χ0n) is 11.8. The van der Waals surface area contributed by atoms with Crippen molar-refractivity contribution in [3.8, 4) is 0 Å². The van der Waals surface area contributed by atoms with E-state index < -0.39 is 0 Å². The van der Waals surface area contributed by atoms with Gasteiger partial charge in [-0.05, 0) is 42.8 Å². The maximum atomic E-state index is 11.3. The molecule has 2 rings (SSSR count). The lowest BCUT2D eigenvalue weighted by atomic mass is 10.1. The number of hydrogen-bond acceptors (Lipinski definition) is 3. The van der Waals surface area contributed by atoms with Crippen LogP contribution in [0.3, 0.4) is 0 Å². The first-order chi connectivity index (χ1) is 9.69. The molecule has 0 spiro atoms. The summed E-state index contributed by atoms with van der Waals surface area (Å²) in [6.45, 7) is 3.92. The zero-order valence-corrected chi connectivity index (χ0v) is 11.8. The number of aromatic nitrogens is 1. The van der Waals surface area contributed by atoms with Gasteiger partial charge in [-0.2, -0.15) is 0 Å². The van der Waals surface area contributed by atoms with Gasteiger partial charge in [-0.3, -0.25) is 9.78 Å². The Balaban J connectivity index is 1.98. The molecular weight excluding hydrogens is 250 g/mol. The third-order valence-corrected chi connectivity index (χ3v) is 3.06. The average Bonchev–Trinajstić information content (AvgIpc) is 2.50. The highest BCUT2D eigenvalue weighted by Gasteiger charge is 2.05. The smallest absolute Gasteiger partial charge is 0.224 e. The Morgan fingerprint density at radius 2 is 1.90 bits per heavy atom. The van der Waals surface area contributed by atoms with Crippen molar-refractivity contribution in [1.29, 1.82) is 0 Å². The molecule has 4 heteroatoms. The first kappa shape index (κ1) is 14.1. The van der Waals surface area contributed by atoms with Crippen molar-refractivity contribution in [2.45, 2.75) is 26.3 Å². The fourth-order valence-electron chi connectivity index (χ4n) is 1.86. The summed E-state index contributed by atoms with van der Waals surface area (Å²) < 4.78 is 0. The molecule has 1 unspecified atom stereocenters. The Morgan fingerprint density at radius 3 is 2.50 bits per heavy atom. The van der Waals surface area contributed by atoms with Crippen LogP contribution in [0.4, 0.5) is 11.4 Å². The van der Waals surface area contributed by atoms with E-state index >= 15 is 0 Å². The Labute approximate surface area is 119 Å². The molecule has 4 nitrogen and oxygen atoms in total. The third kappa shape index (κ3) is 3.82. The molecule has 0 bridgehead atoms. The second kappa shape index (κ2) is 6.70. The van der Waals surface area contributed by atoms with Gasteiger partial charge in [0.2, 0.25) is 5.91 Å². The molecule has 0 aliphatic rings. The Kier molecular flexibility index (Phi) is 4.71. The van der Waals surface area contributed by atoms with Crippen molar-refractivity contribution in [2.24, 2.45) is 0 Å². The predicted octanol–water partition coefficient (Wildman–Crippen LogP) is 3.60. The molecule has 0 fully saturated rings. The molecule has 1 aromatic carbocycles. The van der Waals surface area contributed by atoms with Crippen molar-refractivity contribution >= 4 is 17.3 Å². The minimum atomic E-state index is 0.0226. The maximum Gasteiger partial charge on any atom is 0.224 e. The van der Waals surface area contributed by atoms with Crippen molar-refractivity contribution < 1.29 is 4.79 Å². The van der Waals surface area contributed by atoms with Crippen LogP contribution in [-0.4, -0.2) is 10.9 Å². The number of nitrogens with zero attached hydrogens (tertiary/aromatic N) is 1. The first-order valence-electron chi connectivity index (χ1n) is 6.75. The van der Waals surface area contributed by atoms with Gasteiger partial charge in [0.15, 0.2) is 0 Å². The normalized spacial score (nSPS) is 11.7. The summed E-state index contributed by atoms with van der Waals surface area (Å²) >= 11 is 0. The summed E-state index contributed by atoms with van der Waals surface area (Å²) in [4.78, 5) is 15.4. The number of hydrogen-bond donors (Lipinski definition) is 2. The molecule has 0 aliphatic heterocycles. The molecule has 1 aromatic heterocycles. The van der Waals surface area contributed by atoms with Crippen molar-refractivity contribution in [2.75, 3.05) is 10.6 Å². The number of rotatable bonds is 5. The molecule has 2 N–H and O–H groups in total. The molecule has 1 heterocycles. The fraction of sp³-hybridized carbons (Fsp3) is 0.250. The highest BCUT2D eigenvalue weighted by Crippen LogP contribution is 2.20. The van der Waals surface area contributed by atoms with E-state index in [2.05, 4.69) is 22.5 Å². The second-order valence-corrected chi connectivity index (χ2v) is 4.63. The van der Waals surface area contributed by atoms with E-state index in [0.717, 1.165) is 16.9 Å². The SMILES string of the molecule is CCC(=O)Nc1ccc(NC(C)c2cccnc2)cc1. The lowest BCUT2D eigenvalue weighted by molar-refractivity contribution is -0.115. The zero-order chi connectivity index (χ0) is 14.4. The van der Waals surface area contributed by atoms with Crippen LogP contribution in [0.2, 0.25) is 0 Å². The van der Waals surface area contributed by atoms with E-state index in [4.69, 9.17) is 0 Å². The standard InChI is InChI=1S/C16H19N3O/c1-3-16(20)19-15-8-6-14(7-9-15)18-12(2)13-5-4-10-17-11-13/h4-12,18H,3H2,1-2H3,(H,19,20). The van der Waals surface area contributed by atoms with Gasteiger partial charge in [0.1, 0.15) is 0 Å². The second-order valence-electron chi connectivity index (χ2n) is 4.63. The van der Waals surface area contributed by atoms with Crippen LogP contribution >= 0.6 is 0 Å². The number of nitrogens with one attached hydrogen (secondary N) is 2. The van der Waals surface area contributed by atoms with Gasteiger partial charge in [-0.25, -0.2) is 0 Å². The number of pyridine rings is 1. The Bertz CT molecular complexity index is 552. The van der Waals surface area contributed by atoms with E-state index in [1.54, 1.807) is 6.20 Å². The molecule has 20 heavy (non-hydrogen) atoms. The van der Waals surface area contributed by atoms with Gasteiger partial charge in [-0.1, -0.05) is 13.0 Å². The van der Waals surface area contributed by atoms with Crippen LogP contribution in [0.5, 0.6) is 0 Å². The van der Waals surface area contributed by atoms with Crippen LogP contribution in [0, 0.1) is 0 Å². The summed E-state index contributed by atoms with van der Waals surface area (Å²) in [6, 6.07) is 11.9.